The molecule has 0 saturated heterocycles. The fraction of sp³-hybridized carbons (Fsp3) is 0.500. The first-order valence-corrected chi connectivity index (χ1v) is 5.77. The molecule has 1 aliphatic carbocycles. The third kappa shape index (κ3) is 0.983. The highest BCUT2D eigenvalue weighted by molar-refractivity contribution is 6.01. The molecule has 2 heterocycles. The standard InChI is InChI=1S/C14H16O2/c1-13(2)9-5-4-6-10(9)14(3)11(15)7-8-12(13)16-14/h4-5,7-8,12H,6H2,1-3H3/t12-,14-/m1/s1. The van der Waals surface area contributed by atoms with Crippen molar-refractivity contribution in [3.8, 4) is 0 Å². The van der Waals surface area contributed by atoms with Crippen LogP contribution in [0.1, 0.15) is 27.2 Å². The average Bonchev–Trinajstić information content (AvgIpc) is 2.70. The Hall–Kier alpha value is -1.15. The molecule has 16 heavy (non-hydrogen) atoms. The summed E-state index contributed by atoms with van der Waals surface area (Å²) in [5.74, 6) is 0.0791. The molecule has 2 aliphatic heterocycles. The fourth-order valence-corrected chi connectivity index (χ4v) is 3.01. The van der Waals surface area contributed by atoms with E-state index in [4.69, 9.17) is 4.74 Å². The summed E-state index contributed by atoms with van der Waals surface area (Å²) in [5.41, 5.74) is 1.71. The van der Waals surface area contributed by atoms with Crippen LogP contribution >= 0.6 is 0 Å². The van der Waals surface area contributed by atoms with Crippen molar-refractivity contribution in [3.05, 3.63) is 35.5 Å². The van der Waals surface area contributed by atoms with Gasteiger partial charge in [0.15, 0.2) is 11.4 Å². The maximum Gasteiger partial charge on any atom is 0.191 e. The Balaban J connectivity index is 2.25. The van der Waals surface area contributed by atoms with E-state index in [1.165, 1.54) is 5.57 Å². The molecule has 0 saturated carbocycles. The van der Waals surface area contributed by atoms with Crippen molar-refractivity contribution >= 4 is 5.78 Å². The number of fused-ring (bicyclic) bond motifs is 3. The van der Waals surface area contributed by atoms with Gasteiger partial charge in [-0.3, -0.25) is 4.79 Å². The highest BCUT2D eigenvalue weighted by Crippen LogP contribution is 2.51. The molecule has 0 unspecified atom stereocenters. The number of ether oxygens (including phenoxy) is 1. The van der Waals surface area contributed by atoms with Crippen molar-refractivity contribution in [3.63, 3.8) is 0 Å². The number of carbonyl (C=O) groups is 1. The third-order valence-corrected chi connectivity index (χ3v) is 4.17. The molecule has 3 aliphatic rings. The van der Waals surface area contributed by atoms with Gasteiger partial charge in [-0.15, -0.1) is 0 Å². The van der Waals surface area contributed by atoms with Crippen LogP contribution in [0.4, 0.5) is 0 Å². The normalized spacial score (nSPS) is 39.2. The zero-order valence-electron chi connectivity index (χ0n) is 9.91. The molecule has 2 atom stereocenters. The Morgan fingerprint density at radius 1 is 1.31 bits per heavy atom. The Kier molecular flexibility index (Phi) is 1.72. The zero-order chi connectivity index (χ0) is 11.6. The monoisotopic (exact) mass is 216 g/mol. The Morgan fingerprint density at radius 2 is 2.06 bits per heavy atom. The van der Waals surface area contributed by atoms with Crippen LogP contribution in [0.3, 0.4) is 0 Å². The molecule has 0 amide bonds. The molecular weight excluding hydrogens is 200 g/mol. The summed E-state index contributed by atoms with van der Waals surface area (Å²) in [6.45, 7) is 6.27. The van der Waals surface area contributed by atoms with E-state index in [1.54, 1.807) is 6.08 Å². The maximum absolute atomic E-state index is 12.0. The van der Waals surface area contributed by atoms with Crippen molar-refractivity contribution in [2.24, 2.45) is 5.41 Å². The Morgan fingerprint density at radius 3 is 2.81 bits per heavy atom. The Bertz CT molecular complexity index is 465. The second kappa shape index (κ2) is 2.75. The van der Waals surface area contributed by atoms with Crippen LogP contribution in [0.5, 0.6) is 0 Å². The molecule has 3 rings (SSSR count). The van der Waals surface area contributed by atoms with Crippen LogP contribution in [-0.4, -0.2) is 17.5 Å². The van der Waals surface area contributed by atoms with E-state index < -0.39 is 5.60 Å². The molecule has 0 N–H and O–H groups in total. The van der Waals surface area contributed by atoms with Crippen LogP contribution in [0.2, 0.25) is 0 Å². The fourth-order valence-electron chi connectivity index (χ4n) is 3.01. The largest absolute Gasteiger partial charge is 0.354 e. The van der Waals surface area contributed by atoms with Gasteiger partial charge >= 0.3 is 0 Å². The molecule has 0 aromatic carbocycles. The van der Waals surface area contributed by atoms with E-state index in [1.807, 2.05) is 13.0 Å². The quantitative estimate of drug-likeness (QED) is 0.622. The minimum Gasteiger partial charge on any atom is -0.354 e. The van der Waals surface area contributed by atoms with Gasteiger partial charge in [-0.05, 0) is 30.6 Å². The molecule has 0 aromatic heterocycles. The van der Waals surface area contributed by atoms with Crippen molar-refractivity contribution in [2.75, 3.05) is 0 Å². The van der Waals surface area contributed by atoms with Gasteiger partial charge in [0.05, 0.1) is 6.10 Å². The van der Waals surface area contributed by atoms with Crippen LogP contribution in [0, 0.1) is 5.41 Å². The van der Waals surface area contributed by atoms with Gasteiger partial charge in [-0.1, -0.05) is 32.1 Å². The summed E-state index contributed by atoms with van der Waals surface area (Å²) in [7, 11) is 0. The van der Waals surface area contributed by atoms with Gasteiger partial charge in [0.2, 0.25) is 0 Å². The summed E-state index contributed by atoms with van der Waals surface area (Å²) >= 11 is 0. The predicted octanol–water partition coefficient (Wildman–Crippen LogP) is 2.57. The van der Waals surface area contributed by atoms with Crippen LogP contribution in [0.25, 0.3) is 0 Å². The number of hydrogen-bond donors (Lipinski definition) is 0. The predicted molar refractivity (Wildman–Crippen MR) is 62.0 cm³/mol. The number of rotatable bonds is 0. The summed E-state index contributed by atoms with van der Waals surface area (Å²) in [4.78, 5) is 12.0. The molecule has 2 nitrogen and oxygen atoms in total. The minimum absolute atomic E-state index is 0.0108. The molecule has 2 bridgehead atoms. The maximum atomic E-state index is 12.0. The molecular formula is C14H16O2. The Labute approximate surface area is 95.7 Å². The molecule has 0 spiro atoms. The van der Waals surface area contributed by atoms with E-state index in [9.17, 15) is 4.79 Å². The van der Waals surface area contributed by atoms with Gasteiger partial charge in [0.25, 0.3) is 0 Å². The first-order valence-electron chi connectivity index (χ1n) is 5.77. The van der Waals surface area contributed by atoms with Crippen molar-refractivity contribution < 1.29 is 9.53 Å². The van der Waals surface area contributed by atoms with E-state index in [2.05, 4.69) is 26.0 Å². The number of hydrogen-bond acceptors (Lipinski definition) is 2. The smallest absolute Gasteiger partial charge is 0.191 e. The van der Waals surface area contributed by atoms with Gasteiger partial charge in [-0.25, -0.2) is 0 Å². The first kappa shape index (κ1) is 10.0. The lowest BCUT2D eigenvalue weighted by Crippen LogP contribution is -2.53. The van der Waals surface area contributed by atoms with Crippen molar-refractivity contribution in [1.82, 2.24) is 0 Å². The van der Waals surface area contributed by atoms with Gasteiger partial charge < -0.3 is 4.74 Å². The second-order valence-electron chi connectivity index (χ2n) is 5.52. The van der Waals surface area contributed by atoms with Crippen LogP contribution < -0.4 is 0 Å². The highest BCUT2D eigenvalue weighted by Gasteiger charge is 2.52. The average molecular weight is 216 g/mol. The zero-order valence-corrected chi connectivity index (χ0v) is 9.91. The van der Waals surface area contributed by atoms with Crippen molar-refractivity contribution in [2.45, 2.75) is 38.9 Å². The van der Waals surface area contributed by atoms with Gasteiger partial charge in [0.1, 0.15) is 0 Å². The second-order valence-corrected chi connectivity index (χ2v) is 5.52. The van der Waals surface area contributed by atoms with Crippen LogP contribution in [0.15, 0.2) is 35.5 Å². The van der Waals surface area contributed by atoms with E-state index in [0.29, 0.717) is 0 Å². The summed E-state index contributed by atoms with van der Waals surface area (Å²) in [5, 5.41) is 0. The third-order valence-electron chi connectivity index (χ3n) is 4.17. The van der Waals surface area contributed by atoms with Gasteiger partial charge in [0, 0.05) is 5.41 Å². The van der Waals surface area contributed by atoms with E-state index in [0.717, 1.165) is 12.0 Å². The SMILES string of the molecule is CC1(C)C2=C(CC=C2)[C@@]2(C)O[C@@H]1C=CC2=O. The summed E-state index contributed by atoms with van der Waals surface area (Å²) in [6, 6.07) is 0. The van der Waals surface area contributed by atoms with Gasteiger partial charge in [-0.2, -0.15) is 0 Å². The lowest BCUT2D eigenvalue weighted by molar-refractivity contribution is -0.148. The lowest BCUT2D eigenvalue weighted by Gasteiger charge is -2.48. The molecule has 84 valence electrons. The lowest BCUT2D eigenvalue weighted by atomic mass is 9.69. The highest BCUT2D eigenvalue weighted by atomic mass is 16.5. The van der Waals surface area contributed by atoms with Crippen LogP contribution in [-0.2, 0) is 9.53 Å². The van der Waals surface area contributed by atoms with Crippen molar-refractivity contribution in [1.29, 1.82) is 0 Å². The molecule has 0 radical (unpaired) electrons. The van der Waals surface area contributed by atoms with E-state index >= 15 is 0 Å². The molecule has 0 aromatic rings. The number of allylic oxidation sites excluding steroid dienone is 2. The first-order chi connectivity index (χ1) is 7.46. The summed E-state index contributed by atoms with van der Waals surface area (Å²) < 4.78 is 6.02. The molecule has 2 heteroatoms. The minimum atomic E-state index is -0.715. The number of ketones is 1. The number of carbonyl (C=O) groups excluding carboxylic acids is 1. The topological polar surface area (TPSA) is 26.3 Å². The molecule has 0 fully saturated rings. The van der Waals surface area contributed by atoms with E-state index in [-0.39, 0.29) is 17.3 Å². The summed E-state index contributed by atoms with van der Waals surface area (Å²) in [6.07, 6.45) is 8.75.